The number of carbonyl (C=O) groups excluding carboxylic acids is 1. The molecule has 0 aliphatic heterocycles. The number of alkyl halides is 2. The molecule has 2 aromatic heterocycles. The largest absolute Gasteiger partial charge is 0.489 e. The van der Waals surface area contributed by atoms with E-state index in [0.29, 0.717) is 24.2 Å². The number of nitrogens with two attached hydrogens (primary N) is 1. The third-order valence-electron chi connectivity index (χ3n) is 6.03. The number of hydrogen-bond donors (Lipinski definition) is 3. The Labute approximate surface area is 248 Å². The fourth-order valence-electron chi connectivity index (χ4n) is 3.87. The van der Waals surface area contributed by atoms with Crippen molar-refractivity contribution < 1.29 is 36.2 Å². The molecule has 5 rings (SSSR count). The lowest BCUT2D eigenvalue weighted by atomic mass is 10.0. The van der Waals surface area contributed by atoms with Crippen LogP contribution in [0.1, 0.15) is 59.5 Å². The molecular weight excluding hydrogens is 609 g/mol. The minimum absolute atomic E-state index is 0. The van der Waals surface area contributed by atoms with E-state index < -0.39 is 36.2 Å². The lowest BCUT2D eigenvalue weighted by molar-refractivity contribution is -0.0515. The highest BCUT2D eigenvalue weighted by Gasteiger charge is 2.30. The standard InChI is InChI=1S/C25H23F4N7O4.2ClH/c1-11(30)21-20(23(37)31-19(22-33-35-36-34-22)15-6-5-14(26)9-16(15)27)32-24(40-21)13-4-7-17(39-25(28)29)18(8-13)38-10-12-2-3-12;;/h4-9,11-12,19,25H,2-3,10,30H2,1H3,(H,31,37)(H,33,34,35,36);2*1H/t11-,19-;;/m0../s1. The maximum Gasteiger partial charge on any atom is 0.387 e. The number of aromatic amines is 1. The van der Waals surface area contributed by atoms with Crippen molar-refractivity contribution in [1.29, 1.82) is 0 Å². The van der Waals surface area contributed by atoms with Gasteiger partial charge in [-0.05, 0) is 49.9 Å². The predicted octanol–water partition coefficient (Wildman–Crippen LogP) is 4.91. The van der Waals surface area contributed by atoms with Crippen molar-refractivity contribution in [3.63, 3.8) is 0 Å². The molecule has 226 valence electrons. The molecule has 4 N–H and O–H groups in total. The second-order valence-electron chi connectivity index (χ2n) is 9.16. The van der Waals surface area contributed by atoms with Crippen LogP contribution in [0.3, 0.4) is 0 Å². The number of H-pyrrole nitrogens is 1. The Morgan fingerprint density at radius 3 is 2.55 bits per heavy atom. The lowest BCUT2D eigenvalue weighted by Gasteiger charge is -2.16. The molecule has 1 saturated carbocycles. The van der Waals surface area contributed by atoms with Gasteiger partial charge in [-0.15, -0.1) is 35.0 Å². The number of ether oxygens (including phenoxy) is 2. The first-order valence-electron chi connectivity index (χ1n) is 12.2. The summed E-state index contributed by atoms with van der Waals surface area (Å²) in [5.41, 5.74) is 5.98. The van der Waals surface area contributed by atoms with E-state index in [2.05, 4.69) is 35.7 Å². The summed E-state index contributed by atoms with van der Waals surface area (Å²) >= 11 is 0. The van der Waals surface area contributed by atoms with E-state index in [0.717, 1.165) is 25.0 Å². The van der Waals surface area contributed by atoms with Gasteiger partial charge in [0.2, 0.25) is 11.7 Å². The molecule has 2 atom stereocenters. The van der Waals surface area contributed by atoms with Gasteiger partial charge in [-0.3, -0.25) is 4.79 Å². The van der Waals surface area contributed by atoms with E-state index in [1.54, 1.807) is 6.92 Å². The quantitative estimate of drug-likeness (QED) is 0.195. The second-order valence-corrected chi connectivity index (χ2v) is 9.16. The Morgan fingerprint density at radius 2 is 1.93 bits per heavy atom. The molecule has 1 aliphatic carbocycles. The molecule has 1 aliphatic rings. The number of benzene rings is 2. The molecule has 0 radical (unpaired) electrons. The molecule has 1 fully saturated rings. The van der Waals surface area contributed by atoms with Gasteiger partial charge < -0.3 is 24.9 Å². The van der Waals surface area contributed by atoms with Crippen molar-refractivity contribution in [2.75, 3.05) is 6.61 Å². The minimum atomic E-state index is -3.06. The van der Waals surface area contributed by atoms with E-state index in [9.17, 15) is 22.4 Å². The average Bonchev–Trinajstić information content (AvgIpc) is 3.37. The van der Waals surface area contributed by atoms with Crippen LogP contribution in [0.25, 0.3) is 11.5 Å². The second kappa shape index (κ2) is 13.8. The van der Waals surface area contributed by atoms with Crippen LogP contribution in [0.2, 0.25) is 0 Å². The van der Waals surface area contributed by atoms with Crippen molar-refractivity contribution in [1.82, 2.24) is 30.9 Å². The lowest BCUT2D eigenvalue weighted by Crippen LogP contribution is -2.32. The molecule has 0 unspecified atom stereocenters. The van der Waals surface area contributed by atoms with E-state index in [4.69, 9.17) is 14.9 Å². The molecule has 11 nitrogen and oxygen atoms in total. The van der Waals surface area contributed by atoms with Crippen molar-refractivity contribution in [2.24, 2.45) is 11.7 Å². The van der Waals surface area contributed by atoms with Crippen LogP contribution in [-0.2, 0) is 0 Å². The molecule has 0 spiro atoms. The zero-order valence-corrected chi connectivity index (χ0v) is 23.4. The van der Waals surface area contributed by atoms with Crippen LogP contribution in [0.5, 0.6) is 11.5 Å². The van der Waals surface area contributed by atoms with Gasteiger partial charge in [-0.2, -0.15) is 14.0 Å². The first-order chi connectivity index (χ1) is 19.2. The van der Waals surface area contributed by atoms with Crippen LogP contribution < -0.4 is 20.5 Å². The summed E-state index contributed by atoms with van der Waals surface area (Å²) in [7, 11) is 0. The van der Waals surface area contributed by atoms with Crippen LogP contribution in [0.4, 0.5) is 17.6 Å². The molecule has 17 heteroatoms. The Balaban J connectivity index is 0.00000242. The number of aromatic nitrogens is 5. The summed E-state index contributed by atoms with van der Waals surface area (Å²) in [4.78, 5) is 17.7. The van der Waals surface area contributed by atoms with Gasteiger partial charge >= 0.3 is 6.61 Å². The summed E-state index contributed by atoms with van der Waals surface area (Å²) in [5.74, 6) is -2.53. The van der Waals surface area contributed by atoms with E-state index >= 15 is 0 Å². The fraction of sp³-hybridized carbons (Fsp3) is 0.320. The van der Waals surface area contributed by atoms with Crippen LogP contribution in [-0.4, -0.2) is 44.7 Å². The molecule has 4 aromatic rings. The summed E-state index contributed by atoms with van der Waals surface area (Å²) in [5, 5.41) is 15.9. The Hall–Kier alpha value is -3.95. The monoisotopic (exact) mass is 633 g/mol. The highest BCUT2D eigenvalue weighted by atomic mass is 35.5. The van der Waals surface area contributed by atoms with Crippen molar-refractivity contribution in [3.05, 3.63) is 70.9 Å². The Kier molecular flexibility index (Phi) is 10.7. The number of tetrazole rings is 1. The third-order valence-corrected chi connectivity index (χ3v) is 6.03. The summed E-state index contributed by atoms with van der Waals surface area (Å²) in [6, 6.07) is 4.83. The Morgan fingerprint density at radius 1 is 1.17 bits per heavy atom. The smallest absolute Gasteiger partial charge is 0.387 e. The molecule has 2 heterocycles. The molecule has 1 amide bonds. The van der Waals surface area contributed by atoms with Crippen LogP contribution in [0.15, 0.2) is 40.8 Å². The number of rotatable bonds is 11. The minimum Gasteiger partial charge on any atom is -0.489 e. The van der Waals surface area contributed by atoms with E-state index in [1.807, 2.05) is 0 Å². The summed E-state index contributed by atoms with van der Waals surface area (Å²) < 4.78 is 70.1. The fourth-order valence-corrected chi connectivity index (χ4v) is 3.87. The number of nitrogens with one attached hydrogen (secondary N) is 2. The van der Waals surface area contributed by atoms with Crippen molar-refractivity contribution in [3.8, 4) is 23.0 Å². The van der Waals surface area contributed by atoms with Gasteiger partial charge in [-0.1, -0.05) is 11.3 Å². The topological polar surface area (TPSA) is 154 Å². The van der Waals surface area contributed by atoms with Crippen molar-refractivity contribution >= 4 is 30.7 Å². The number of halogens is 6. The van der Waals surface area contributed by atoms with Gasteiger partial charge in [0.25, 0.3) is 5.91 Å². The predicted molar refractivity (Wildman–Crippen MR) is 144 cm³/mol. The zero-order chi connectivity index (χ0) is 28.4. The average molecular weight is 634 g/mol. The number of amides is 1. The summed E-state index contributed by atoms with van der Waals surface area (Å²) in [6.07, 6.45) is 1.96. The van der Waals surface area contributed by atoms with Gasteiger partial charge in [0, 0.05) is 17.2 Å². The van der Waals surface area contributed by atoms with E-state index in [1.165, 1.54) is 18.2 Å². The zero-order valence-electron chi connectivity index (χ0n) is 21.7. The normalized spacial score (nSPS) is 14.0. The van der Waals surface area contributed by atoms with Crippen LogP contribution >= 0.6 is 24.8 Å². The highest BCUT2D eigenvalue weighted by molar-refractivity contribution is 5.94. The molecule has 0 bridgehead atoms. The molecular formula is C25H25Cl2F4N7O4. The molecule has 0 saturated heterocycles. The third kappa shape index (κ3) is 7.46. The molecule has 2 aromatic carbocycles. The number of nitrogens with zero attached hydrogens (tertiary/aromatic N) is 4. The summed E-state index contributed by atoms with van der Waals surface area (Å²) in [6.45, 7) is -1.18. The highest BCUT2D eigenvalue weighted by Crippen LogP contribution is 2.37. The van der Waals surface area contributed by atoms with Gasteiger partial charge in [0.1, 0.15) is 17.7 Å². The van der Waals surface area contributed by atoms with Crippen molar-refractivity contribution in [2.45, 2.75) is 38.5 Å². The first-order valence-corrected chi connectivity index (χ1v) is 12.2. The first kappa shape index (κ1) is 32.6. The number of hydrogen-bond acceptors (Lipinski definition) is 9. The van der Waals surface area contributed by atoms with Gasteiger partial charge in [0.05, 0.1) is 12.6 Å². The maximum atomic E-state index is 14.6. The number of carbonyl (C=O) groups is 1. The van der Waals surface area contributed by atoms with E-state index in [-0.39, 0.29) is 65.0 Å². The molecule has 42 heavy (non-hydrogen) atoms. The van der Waals surface area contributed by atoms with Gasteiger partial charge in [0.15, 0.2) is 23.0 Å². The maximum absolute atomic E-state index is 14.6. The SMILES string of the molecule is C[C@H](N)c1oc(-c2ccc(OC(F)F)c(OCC3CC3)c2)nc1C(=O)N[C@H](c1nn[nH]n1)c1ccc(F)cc1F.Cl.Cl. The van der Waals surface area contributed by atoms with Crippen LogP contribution in [0, 0.1) is 17.6 Å². The Bertz CT molecular complexity index is 1500. The number of oxazole rings is 1. The van der Waals surface area contributed by atoms with Gasteiger partial charge in [-0.25, -0.2) is 13.8 Å².